The van der Waals surface area contributed by atoms with E-state index in [1.165, 1.54) is 17.7 Å². The van der Waals surface area contributed by atoms with Gasteiger partial charge in [-0.1, -0.05) is 30.3 Å². The third-order valence-electron chi connectivity index (χ3n) is 5.80. The summed E-state index contributed by atoms with van der Waals surface area (Å²) in [4.78, 5) is 21.3. The smallest absolute Gasteiger partial charge is 0.317 e. The SMILES string of the molecule is O=C(NCCc1ccccc1)N1CCN(c2nc3cc(F)ccc3n3cccc23)CC1. The third-order valence-corrected chi connectivity index (χ3v) is 5.80. The van der Waals surface area contributed by atoms with Crippen molar-refractivity contribution in [3.63, 3.8) is 0 Å². The average molecular weight is 417 g/mol. The van der Waals surface area contributed by atoms with E-state index in [0.29, 0.717) is 38.2 Å². The highest BCUT2D eigenvalue weighted by atomic mass is 19.1. The number of anilines is 1. The fourth-order valence-corrected chi connectivity index (χ4v) is 4.16. The number of fused-ring (bicyclic) bond motifs is 3. The van der Waals surface area contributed by atoms with Crippen LogP contribution in [0.2, 0.25) is 0 Å². The van der Waals surface area contributed by atoms with E-state index >= 15 is 0 Å². The summed E-state index contributed by atoms with van der Waals surface area (Å²) in [6.45, 7) is 3.22. The molecule has 1 saturated heterocycles. The molecule has 0 saturated carbocycles. The van der Waals surface area contributed by atoms with Crippen molar-refractivity contribution in [2.45, 2.75) is 6.42 Å². The summed E-state index contributed by atoms with van der Waals surface area (Å²) in [5.74, 6) is 0.529. The lowest BCUT2D eigenvalue weighted by Gasteiger charge is -2.35. The Bertz CT molecular complexity index is 1210. The summed E-state index contributed by atoms with van der Waals surface area (Å²) in [7, 11) is 0. The predicted molar refractivity (Wildman–Crippen MR) is 120 cm³/mol. The Balaban J connectivity index is 1.25. The zero-order chi connectivity index (χ0) is 21.2. The number of rotatable bonds is 4. The van der Waals surface area contributed by atoms with E-state index in [1.54, 1.807) is 6.07 Å². The summed E-state index contributed by atoms with van der Waals surface area (Å²) in [5, 5.41) is 3.02. The number of piperazine rings is 1. The van der Waals surface area contributed by atoms with Crippen LogP contribution in [0.3, 0.4) is 0 Å². The van der Waals surface area contributed by atoms with Crippen molar-refractivity contribution in [3.05, 3.63) is 78.2 Å². The van der Waals surface area contributed by atoms with E-state index in [0.717, 1.165) is 23.3 Å². The van der Waals surface area contributed by atoms with Crippen molar-refractivity contribution in [1.82, 2.24) is 19.6 Å². The van der Waals surface area contributed by atoms with E-state index in [2.05, 4.69) is 22.3 Å². The minimum Gasteiger partial charge on any atom is -0.351 e. The van der Waals surface area contributed by atoms with Crippen LogP contribution in [-0.2, 0) is 6.42 Å². The van der Waals surface area contributed by atoms with Gasteiger partial charge in [-0.3, -0.25) is 0 Å². The zero-order valence-electron chi connectivity index (χ0n) is 17.2. The number of hydrogen-bond donors (Lipinski definition) is 1. The van der Waals surface area contributed by atoms with E-state index < -0.39 is 0 Å². The number of nitrogens with zero attached hydrogens (tertiary/aromatic N) is 4. The summed E-state index contributed by atoms with van der Waals surface area (Å²) < 4.78 is 15.8. The van der Waals surface area contributed by atoms with Gasteiger partial charge >= 0.3 is 6.03 Å². The van der Waals surface area contributed by atoms with E-state index in [4.69, 9.17) is 4.98 Å². The van der Waals surface area contributed by atoms with E-state index in [1.807, 2.05) is 45.8 Å². The van der Waals surface area contributed by atoms with Crippen LogP contribution >= 0.6 is 0 Å². The molecular weight excluding hydrogens is 393 g/mol. The number of carbonyl (C=O) groups excluding carboxylic acids is 1. The van der Waals surface area contributed by atoms with Crippen LogP contribution in [0.25, 0.3) is 16.6 Å². The highest BCUT2D eigenvalue weighted by Crippen LogP contribution is 2.26. The van der Waals surface area contributed by atoms with E-state index in [9.17, 15) is 9.18 Å². The second-order valence-corrected chi connectivity index (χ2v) is 7.77. The molecule has 0 aliphatic carbocycles. The van der Waals surface area contributed by atoms with Crippen LogP contribution in [0.4, 0.5) is 15.0 Å². The number of halogens is 1. The molecule has 2 aromatic carbocycles. The van der Waals surface area contributed by atoms with Crippen molar-refractivity contribution in [2.24, 2.45) is 0 Å². The maximum atomic E-state index is 13.8. The van der Waals surface area contributed by atoms with Crippen LogP contribution in [0.1, 0.15) is 5.56 Å². The van der Waals surface area contributed by atoms with E-state index in [-0.39, 0.29) is 11.8 Å². The van der Waals surface area contributed by atoms with Gasteiger partial charge in [0.25, 0.3) is 0 Å². The topological polar surface area (TPSA) is 52.9 Å². The quantitative estimate of drug-likeness (QED) is 0.551. The van der Waals surface area contributed by atoms with Crippen LogP contribution < -0.4 is 10.2 Å². The predicted octanol–water partition coefficient (Wildman–Crippen LogP) is 3.70. The summed E-state index contributed by atoms with van der Waals surface area (Å²) >= 11 is 0. The van der Waals surface area contributed by atoms with Gasteiger partial charge < -0.3 is 19.5 Å². The van der Waals surface area contributed by atoms with Gasteiger partial charge in [-0.25, -0.2) is 14.2 Å². The van der Waals surface area contributed by atoms with Crippen molar-refractivity contribution >= 4 is 28.4 Å². The molecule has 2 amide bonds. The molecule has 0 unspecified atom stereocenters. The number of hydrogen-bond acceptors (Lipinski definition) is 3. The average Bonchev–Trinajstić information content (AvgIpc) is 3.29. The van der Waals surface area contributed by atoms with Gasteiger partial charge in [0.1, 0.15) is 5.82 Å². The molecule has 31 heavy (non-hydrogen) atoms. The third kappa shape index (κ3) is 3.91. The number of carbonyl (C=O) groups is 1. The van der Waals surface area contributed by atoms with Crippen LogP contribution in [0, 0.1) is 5.82 Å². The molecule has 7 heteroatoms. The minimum atomic E-state index is -0.297. The molecule has 5 rings (SSSR count). The lowest BCUT2D eigenvalue weighted by Crippen LogP contribution is -2.52. The van der Waals surface area contributed by atoms with Crippen molar-refractivity contribution in [1.29, 1.82) is 0 Å². The van der Waals surface area contributed by atoms with Gasteiger partial charge in [0, 0.05) is 45.0 Å². The number of aromatic nitrogens is 2. The highest BCUT2D eigenvalue weighted by molar-refractivity contribution is 5.85. The number of benzene rings is 2. The molecule has 0 spiro atoms. The Kier molecular flexibility index (Phi) is 5.16. The first-order valence-electron chi connectivity index (χ1n) is 10.6. The van der Waals surface area contributed by atoms with Crippen LogP contribution in [0.5, 0.6) is 0 Å². The van der Waals surface area contributed by atoms with Crippen LogP contribution in [-0.4, -0.2) is 53.0 Å². The Labute approximate surface area is 179 Å². The molecule has 1 fully saturated rings. The molecule has 0 bridgehead atoms. The number of nitrogens with one attached hydrogen (secondary N) is 1. The summed E-state index contributed by atoms with van der Waals surface area (Å²) in [6, 6.07) is 18.8. The standard InChI is InChI=1S/C24H24FN5O/c25-19-8-9-21-20(17-19)27-23(22-7-4-12-30(21)22)28-13-15-29(16-14-28)24(31)26-11-10-18-5-2-1-3-6-18/h1-9,12,17H,10-11,13-16H2,(H,26,31). The molecule has 0 radical (unpaired) electrons. The molecule has 0 atom stereocenters. The first-order chi connectivity index (χ1) is 15.2. The zero-order valence-corrected chi connectivity index (χ0v) is 17.2. The van der Waals surface area contributed by atoms with Crippen molar-refractivity contribution < 1.29 is 9.18 Å². The Morgan fingerprint density at radius 2 is 1.77 bits per heavy atom. The lowest BCUT2D eigenvalue weighted by molar-refractivity contribution is 0.194. The highest BCUT2D eigenvalue weighted by Gasteiger charge is 2.23. The van der Waals surface area contributed by atoms with Crippen molar-refractivity contribution in [2.75, 3.05) is 37.6 Å². The summed E-state index contributed by atoms with van der Waals surface area (Å²) in [5.41, 5.74) is 3.70. The molecule has 1 aliphatic rings. The number of urea groups is 1. The van der Waals surface area contributed by atoms with Gasteiger partial charge in [0.05, 0.1) is 16.6 Å². The molecule has 158 valence electrons. The van der Waals surface area contributed by atoms with Gasteiger partial charge in [-0.05, 0) is 36.2 Å². The molecule has 1 N–H and O–H groups in total. The monoisotopic (exact) mass is 417 g/mol. The molecule has 1 aliphatic heterocycles. The molecule has 4 aromatic rings. The molecule has 6 nitrogen and oxygen atoms in total. The minimum absolute atomic E-state index is 0.0306. The lowest BCUT2D eigenvalue weighted by atomic mass is 10.1. The molecular formula is C24H24FN5O. The first-order valence-corrected chi connectivity index (χ1v) is 10.6. The normalized spacial score (nSPS) is 14.4. The van der Waals surface area contributed by atoms with Gasteiger partial charge in [-0.2, -0.15) is 0 Å². The van der Waals surface area contributed by atoms with Gasteiger partial charge in [-0.15, -0.1) is 0 Å². The molecule has 3 heterocycles. The Hall–Kier alpha value is -3.61. The first kappa shape index (κ1) is 19.4. The maximum Gasteiger partial charge on any atom is 0.317 e. The maximum absolute atomic E-state index is 13.8. The fourth-order valence-electron chi connectivity index (χ4n) is 4.16. The van der Waals surface area contributed by atoms with Gasteiger partial charge in [0.15, 0.2) is 5.82 Å². The van der Waals surface area contributed by atoms with Crippen molar-refractivity contribution in [3.8, 4) is 0 Å². The molecule has 2 aromatic heterocycles. The largest absolute Gasteiger partial charge is 0.351 e. The Morgan fingerprint density at radius 3 is 2.58 bits per heavy atom. The summed E-state index contributed by atoms with van der Waals surface area (Å²) in [6.07, 6.45) is 2.79. The Morgan fingerprint density at radius 1 is 0.968 bits per heavy atom. The fraction of sp³-hybridized carbons (Fsp3) is 0.250. The number of amides is 2. The second kappa shape index (κ2) is 8.26. The van der Waals surface area contributed by atoms with Gasteiger partial charge in [0.2, 0.25) is 0 Å². The van der Waals surface area contributed by atoms with Crippen LogP contribution in [0.15, 0.2) is 66.9 Å². The second-order valence-electron chi connectivity index (χ2n) is 7.77.